The van der Waals surface area contributed by atoms with E-state index in [2.05, 4.69) is 4.74 Å². The Balaban J connectivity index is 3.43. The zero-order valence-corrected chi connectivity index (χ0v) is 9.62. The molecule has 0 aliphatic carbocycles. The molecule has 1 N–H and O–H groups in total. The number of ether oxygens (including phenoxy) is 1. The van der Waals surface area contributed by atoms with E-state index in [-0.39, 0.29) is 5.56 Å². The van der Waals surface area contributed by atoms with E-state index in [4.69, 9.17) is 10.4 Å². The maximum atomic E-state index is 12.2. The number of halogens is 2. The topological polar surface area (TPSA) is 113 Å². The van der Waals surface area contributed by atoms with Crippen molar-refractivity contribution in [2.75, 3.05) is 0 Å². The lowest BCUT2D eigenvalue weighted by Gasteiger charge is -2.08. The molecule has 0 spiro atoms. The van der Waals surface area contributed by atoms with E-state index < -0.39 is 34.5 Å². The van der Waals surface area contributed by atoms with E-state index in [1.165, 1.54) is 6.07 Å². The Morgan fingerprint density at radius 2 is 2.20 bits per heavy atom. The van der Waals surface area contributed by atoms with E-state index in [0.29, 0.717) is 12.1 Å². The molecule has 0 fully saturated rings. The first-order valence-electron chi connectivity index (χ1n) is 4.93. The van der Waals surface area contributed by atoms with Gasteiger partial charge in [-0.1, -0.05) is 0 Å². The maximum absolute atomic E-state index is 12.2. The molecule has 0 amide bonds. The molecule has 7 nitrogen and oxygen atoms in total. The van der Waals surface area contributed by atoms with E-state index in [0.717, 1.165) is 12.1 Å². The van der Waals surface area contributed by atoms with E-state index in [9.17, 15) is 23.7 Å². The summed E-state index contributed by atoms with van der Waals surface area (Å²) < 4.78 is 28.5. The van der Waals surface area contributed by atoms with Gasteiger partial charge < -0.3 is 9.84 Å². The minimum Gasteiger partial charge on any atom is -0.478 e. The van der Waals surface area contributed by atoms with Crippen molar-refractivity contribution in [2.24, 2.45) is 0 Å². The summed E-state index contributed by atoms with van der Waals surface area (Å²) in [7, 11) is 0. The van der Waals surface area contributed by atoms with Crippen LogP contribution in [0.25, 0.3) is 6.08 Å². The van der Waals surface area contributed by atoms with Gasteiger partial charge in [0.15, 0.2) is 0 Å². The van der Waals surface area contributed by atoms with Crippen LogP contribution in [0.4, 0.5) is 14.5 Å². The van der Waals surface area contributed by atoms with Crippen LogP contribution in [0.15, 0.2) is 18.2 Å². The van der Waals surface area contributed by atoms with E-state index >= 15 is 0 Å². The van der Waals surface area contributed by atoms with Gasteiger partial charge in [0, 0.05) is 11.6 Å². The smallest absolute Gasteiger partial charge is 0.387 e. The summed E-state index contributed by atoms with van der Waals surface area (Å²) in [5.41, 5.74) is -1.30. The molecule has 0 aromatic heterocycles. The predicted molar refractivity (Wildman–Crippen MR) is 61.1 cm³/mol. The van der Waals surface area contributed by atoms with Crippen LogP contribution in [0.1, 0.15) is 11.1 Å². The van der Waals surface area contributed by atoms with Gasteiger partial charge in [-0.05, 0) is 12.1 Å². The van der Waals surface area contributed by atoms with Gasteiger partial charge in [0.2, 0.25) is 0 Å². The quantitative estimate of drug-likeness (QED) is 0.503. The third-order valence-corrected chi connectivity index (χ3v) is 2.07. The molecule has 0 unspecified atom stereocenters. The number of rotatable bonds is 5. The van der Waals surface area contributed by atoms with Gasteiger partial charge in [-0.15, -0.1) is 0 Å². The zero-order chi connectivity index (χ0) is 15.3. The van der Waals surface area contributed by atoms with E-state index in [1.54, 1.807) is 0 Å². The summed E-state index contributed by atoms with van der Waals surface area (Å²) in [5.74, 6) is -1.95. The molecular weight excluding hydrogens is 278 g/mol. The minimum atomic E-state index is -3.25. The first-order chi connectivity index (χ1) is 9.35. The summed E-state index contributed by atoms with van der Waals surface area (Å²) in [5, 5.41) is 27.9. The van der Waals surface area contributed by atoms with Crippen LogP contribution in [-0.4, -0.2) is 22.6 Å². The van der Waals surface area contributed by atoms with Crippen LogP contribution in [0.2, 0.25) is 0 Å². The predicted octanol–water partition coefficient (Wildman–Crippen LogP) is 2.17. The highest BCUT2D eigenvalue weighted by Crippen LogP contribution is 2.30. The summed E-state index contributed by atoms with van der Waals surface area (Å²) in [4.78, 5) is 20.2. The Hall–Kier alpha value is -3.02. The average molecular weight is 284 g/mol. The molecule has 0 heterocycles. The van der Waals surface area contributed by atoms with E-state index in [1.807, 2.05) is 0 Å². The monoisotopic (exact) mass is 284 g/mol. The molecule has 1 rings (SSSR count). The highest BCUT2D eigenvalue weighted by atomic mass is 19.3. The van der Waals surface area contributed by atoms with Crippen molar-refractivity contribution >= 4 is 17.7 Å². The molecule has 0 saturated heterocycles. The van der Waals surface area contributed by atoms with Crippen molar-refractivity contribution < 1.29 is 28.3 Å². The summed E-state index contributed by atoms with van der Waals surface area (Å²) >= 11 is 0. The third kappa shape index (κ3) is 3.74. The van der Waals surface area contributed by atoms with Crippen molar-refractivity contribution in [3.63, 3.8) is 0 Å². The molecular formula is C11H6F2N2O5. The van der Waals surface area contributed by atoms with Gasteiger partial charge in [-0.2, -0.15) is 14.0 Å². The molecule has 0 bridgehead atoms. The number of nitro benzene ring substituents is 1. The normalized spacial score (nSPS) is 10.5. The lowest BCUT2D eigenvalue weighted by molar-refractivity contribution is -0.385. The molecule has 0 aliphatic heterocycles. The van der Waals surface area contributed by atoms with Crippen molar-refractivity contribution in [3.05, 3.63) is 39.4 Å². The Kier molecular flexibility index (Phi) is 4.69. The number of nitro groups is 1. The molecule has 0 atom stereocenters. The SMILES string of the molecule is N#Cc1cc(/C=C/C(=O)O)c(OC(F)F)cc1[N+](=O)[O-]. The fraction of sp³-hybridized carbons (Fsp3) is 0.0909. The van der Waals surface area contributed by atoms with Crippen molar-refractivity contribution in [2.45, 2.75) is 6.61 Å². The van der Waals surface area contributed by atoms with Crippen LogP contribution in [0, 0.1) is 21.4 Å². The number of hydrogen-bond acceptors (Lipinski definition) is 5. The number of nitriles is 1. The molecule has 0 radical (unpaired) electrons. The van der Waals surface area contributed by atoms with Crippen molar-refractivity contribution in [1.29, 1.82) is 5.26 Å². The average Bonchev–Trinajstić information content (AvgIpc) is 2.35. The number of carboxylic acid groups (broad SMARTS) is 1. The minimum absolute atomic E-state index is 0.185. The second kappa shape index (κ2) is 6.24. The van der Waals surface area contributed by atoms with Crippen molar-refractivity contribution in [1.82, 2.24) is 0 Å². The van der Waals surface area contributed by atoms with Gasteiger partial charge >= 0.3 is 12.6 Å². The van der Waals surface area contributed by atoms with Gasteiger partial charge in [0.1, 0.15) is 17.4 Å². The molecule has 20 heavy (non-hydrogen) atoms. The Bertz CT molecular complexity index is 622. The molecule has 0 aliphatic rings. The standard InChI is InChI=1S/C11H6F2N2O5/c12-11(13)20-9-4-8(15(18)19)7(5-14)3-6(9)1-2-10(16)17/h1-4,11H,(H,16,17)/b2-1+. The zero-order valence-electron chi connectivity index (χ0n) is 9.62. The summed E-state index contributed by atoms with van der Waals surface area (Å²) in [6, 6.07) is 3.06. The summed E-state index contributed by atoms with van der Waals surface area (Å²) in [6.45, 7) is -3.25. The largest absolute Gasteiger partial charge is 0.478 e. The number of carbonyl (C=O) groups is 1. The molecule has 1 aromatic carbocycles. The van der Waals surface area contributed by atoms with Gasteiger partial charge in [0.25, 0.3) is 5.69 Å². The van der Waals surface area contributed by atoms with Crippen LogP contribution in [-0.2, 0) is 4.79 Å². The molecule has 9 heteroatoms. The van der Waals surface area contributed by atoms with Gasteiger partial charge in [-0.3, -0.25) is 10.1 Å². The highest BCUT2D eigenvalue weighted by molar-refractivity contribution is 5.86. The number of aliphatic carboxylic acids is 1. The lowest BCUT2D eigenvalue weighted by Crippen LogP contribution is -2.05. The van der Waals surface area contributed by atoms with Gasteiger partial charge in [-0.25, -0.2) is 4.79 Å². The Morgan fingerprint density at radius 1 is 1.55 bits per heavy atom. The Labute approximate surface area is 110 Å². The molecule has 0 saturated carbocycles. The van der Waals surface area contributed by atoms with Crippen LogP contribution in [0.3, 0.4) is 0 Å². The fourth-order valence-electron chi connectivity index (χ4n) is 1.32. The van der Waals surface area contributed by atoms with Crippen LogP contribution < -0.4 is 4.74 Å². The first-order valence-corrected chi connectivity index (χ1v) is 4.93. The number of nitrogens with zero attached hydrogens (tertiary/aromatic N) is 2. The maximum Gasteiger partial charge on any atom is 0.387 e. The number of hydrogen-bond donors (Lipinski definition) is 1. The lowest BCUT2D eigenvalue weighted by atomic mass is 10.1. The molecule has 1 aromatic rings. The second-order valence-electron chi connectivity index (χ2n) is 3.33. The first kappa shape index (κ1) is 15.0. The third-order valence-electron chi connectivity index (χ3n) is 2.07. The van der Waals surface area contributed by atoms with Gasteiger partial charge in [0.05, 0.1) is 11.0 Å². The summed E-state index contributed by atoms with van der Waals surface area (Å²) in [6.07, 6.45) is 1.52. The highest BCUT2D eigenvalue weighted by Gasteiger charge is 2.20. The fourth-order valence-corrected chi connectivity index (χ4v) is 1.32. The second-order valence-corrected chi connectivity index (χ2v) is 3.33. The number of alkyl halides is 2. The van der Waals surface area contributed by atoms with Crippen LogP contribution >= 0.6 is 0 Å². The van der Waals surface area contributed by atoms with Crippen LogP contribution in [0.5, 0.6) is 5.75 Å². The number of benzene rings is 1. The van der Waals surface area contributed by atoms with Crippen molar-refractivity contribution in [3.8, 4) is 11.8 Å². The Morgan fingerprint density at radius 3 is 2.65 bits per heavy atom. The molecule has 104 valence electrons. The number of carboxylic acids is 1.